The van der Waals surface area contributed by atoms with Crippen LogP contribution in [0.15, 0.2) is 237 Å². The fraction of sp³-hybridized carbons (Fsp3) is 0.0164. The van der Waals surface area contributed by atoms with E-state index in [2.05, 4.69) is 254 Å². The predicted molar refractivity (Wildman–Crippen MR) is 261 cm³/mol. The number of benzene rings is 10. The van der Waals surface area contributed by atoms with Crippen LogP contribution in [-0.4, -0.2) is 0 Å². The molecule has 0 fully saturated rings. The largest absolute Gasteiger partial charge is 0.310 e. The minimum Gasteiger partial charge on any atom is -0.310 e. The lowest BCUT2D eigenvalue weighted by molar-refractivity contribution is 0.768. The third-order valence-electron chi connectivity index (χ3n) is 13.1. The number of hydrogen-bond acceptors (Lipinski definition) is 1. The normalized spacial score (nSPS) is 12.9. The van der Waals surface area contributed by atoms with E-state index in [4.69, 9.17) is 0 Å². The maximum absolute atomic E-state index is 2.46. The Hall–Kier alpha value is -8.00. The highest BCUT2D eigenvalue weighted by Gasteiger charge is 2.46. The number of hydrogen-bond donors (Lipinski definition) is 0. The van der Waals surface area contributed by atoms with E-state index in [1.165, 1.54) is 88.7 Å². The van der Waals surface area contributed by atoms with Crippen molar-refractivity contribution in [3.63, 3.8) is 0 Å². The Bertz CT molecular complexity index is 3240. The smallest absolute Gasteiger partial charge is 0.0714 e. The Morgan fingerprint density at radius 2 is 0.694 bits per heavy atom. The molecular formula is C61H41N. The molecule has 12 rings (SSSR count). The molecule has 1 heteroatoms. The molecule has 0 saturated heterocycles. The lowest BCUT2D eigenvalue weighted by Crippen LogP contribution is -2.28. The SMILES string of the molecule is C1=Cc2ccc(-c3ccc(N(c4ccc(-c5ccccc5)cc4)c4ccc5c(c4)C(c4ccccc4)(c4ccccc4)c4ccccc4-5)cc3)c3c(-c4ccccc4)ccc1c23. The average Bonchev–Trinajstić information content (AvgIpc) is 3.91. The van der Waals surface area contributed by atoms with Crippen LogP contribution in [0.25, 0.3) is 67.4 Å². The van der Waals surface area contributed by atoms with Crippen molar-refractivity contribution < 1.29 is 0 Å². The number of nitrogens with zero attached hydrogens (tertiary/aromatic N) is 1. The fourth-order valence-electron chi connectivity index (χ4n) is 10.3. The second-order valence-corrected chi connectivity index (χ2v) is 16.4. The van der Waals surface area contributed by atoms with Crippen LogP contribution < -0.4 is 4.90 Å². The van der Waals surface area contributed by atoms with Crippen LogP contribution in [0, 0.1) is 0 Å². The highest BCUT2D eigenvalue weighted by molar-refractivity contribution is 6.15. The lowest BCUT2D eigenvalue weighted by atomic mass is 9.67. The van der Waals surface area contributed by atoms with Gasteiger partial charge in [-0.15, -0.1) is 0 Å². The van der Waals surface area contributed by atoms with Gasteiger partial charge in [0.05, 0.1) is 5.41 Å². The van der Waals surface area contributed by atoms with Crippen LogP contribution in [0.5, 0.6) is 0 Å². The molecule has 0 atom stereocenters. The molecular weight excluding hydrogens is 747 g/mol. The van der Waals surface area contributed by atoms with Crippen molar-refractivity contribution in [3.05, 3.63) is 270 Å². The highest BCUT2D eigenvalue weighted by Crippen LogP contribution is 2.57. The summed E-state index contributed by atoms with van der Waals surface area (Å²) in [4.78, 5) is 2.43. The summed E-state index contributed by atoms with van der Waals surface area (Å²) in [7, 11) is 0. The van der Waals surface area contributed by atoms with E-state index in [9.17, 15) is 0 Å². The Labute approximate surface area is 363 Å². The van der Waals surface area contributed by atoms with Crippen LogP contribution in [0.3, 0.4) is 0 Å². The zero-order valence-electron chi connectivity index (χ0n) is 34.1. The Morgan fingerprint density at radius 3 is 1.27 bits per heavy atom. The topological polar surface area (TPSA) is 3.24 Å². The maximum Gasteiger partial charge on any atom is 0.0714 e. The average molecular weight is 788 g/mol. The van der Waals surface area contributed by atoms with E-state index in [0.717, 1.165) is 17.1 Å². The van der Waals surface area contributed by atoms with Crippen molar-refractivity contribution in [1.29, 1.82) is 0 Å². The van der Waals surface area contributed by atoms with Crippen molar-refractivity contribution in [1.82, 2.24) is 0 Å². The van der Waals surface area contributed by atoms with E-state index < -0.39 is 5.41 Å². The molecule has 0 spiro atoms. The molecule has 10 aromatic carbocycles. The third kappa shape index (κ3) is 5.63. The molecule has 0 radical (unpaired) electrons. The van der Waals surface area contributed by atoms with Crippen molar-refractivity contribution in [2.45, 2.75) is 5.41 Å². The molecule has 2 aliphatic rings. The molecule has 0 N–H and O–H groups in total. The van der Waals surface area contributed by atoms with Gasteiger partial charge >= 0.3 is 0 Å². The van der Waals surface area contributed by atoms with Crippen LogP contribution in [0.2, 0.25) is 0 Å². The molecule has 0 saturated carbocycles. The standard InChI is InChI=1S/C61H41N/c1-5-15-42(16-6-1)43-27-33-50(34-28-43)62(51-35-29-45(30-36-51)54-39-32-47-26-25-46-31-38-53(60(54)59(46)47)44-17-7-2-8-18-44)52-37-40-56-55-23-13-14-24-57(55)61(58(56)41-52,48-19-9-3-10-20-48)49-21-11-4-12-22-49/h1-41H. The first kappa shape index (κ1) is 35.9. The third-order valence-corrected chi connectivity index (χ3v) is 13.1. The molecule has 0 unspecified atom stereocenters. The van der Waals surface area contributed by atoms with E-state index >= 15 is 0 Å². The highest BCUT2D eigenvalue weighted by atomic mass is 15.1. The van der Waals surface area contributed by atoms with Crippen LogP contribution in [0.1, 0.15) is 33.4 Å². The minimum absolute atomic E-state index is 0.502. The van der Waals surface area contributed by atoms with Gasteiger partial charge in [-0.1, -0.05) is 212 Å². The van der Waals surface area contributed by atoms with Crippen molar-refractivity contribution >= 4 is 40.0 Å². The first-order valence-corrected chi connectivity index (χ1v) is 21.5. The molecule has 0 aliphatic heterocycles. The summed E-state index contributed by atoms with van der Waals surface area (Å²) < 4.78 is 0. The number of fused-ring (bicyclic) bond motifs is 3. The quantitative estimate of drug-likeness (QED) is 0.148. The monoisotopic (exact) mass is 787 g/mol. The van der Waals surface area contributed by atoms with E-state index in [1.54, 1.807) is 0 Å². The van der Waals surface area contributed by atoms with E-state index in [1.807, 2.05) is 0 Å². The molecule has 0 aromatic heterocycles. The van der Waals surface area contributed by atoms with Gasteiger partial charge in [0, 0.05) is 17.1 Å². The van der Waals surface area contributed by atoms with Gasteiger partial charge < -0.3 is 4.90 Å². The number of anilines is 3. The van der Waals surface area contributed by atoms with Crippen LogP contribution in [0.4, 0.5) is 17.1 Å². The molecule has 290 valence electrons. The Balaban J connectivity index is 1.05. The summed E-state index contributed by atoms with van der Waals surface area (Å²) in [5.74, 6) is 0. The summed E-state index contributed by atoms with van der Waals surface area (Å²) in [6.45, 7) is 0. The van der Waals surface area contributed by atoms with Gasteiger partial charge in [0.15, 0.2) is 0 Å². The zero-order chi connectivity index (χ0) is 41.0. The first-order valence-electron chi connectivity index (χ1n) is 21.5. The van der Waals surface area contributed by atoms with Gasteiger partial charge in [-0.3, -0.25) is 0 Å². The van der Waals surface area contributed by atoms with Crippen LogP contribution in [-0.2, 0) is 5.41 Å². The Kier molecular flexibility index (Phi) is 8.47. The fourth-order valence-corrected chi connectivity index (χ4v) is 10.3. The van der Waals surface area contributed by atoms with Gasteiger partial charge in [-0.05, 0) is 125 Å². The summed E-state index contributed by atoms with van der Waals surface area (Å²) in [5, 5.41) is 2.63. The second kappa shape index (κ2) is 14.6. The molecule has 0 bridgehead atoms. The van der Waals surface area contributed by atoms with Crippen molar-refractivity contribution in [2.24, 2.45) is 0 Å². The second-order valence-electron chi connectivity index (χ2n) is 16.4. The van der Waals surface area contributed by atoms with Gasteiger partial charge in [0.1, 0.15) is 0 Å². The van der Waals surface area contributed by atoms with Crippen LogP contribution >= 0.6 is 0 Å². The molecule has 0 heterocycles. The van der Waals surface area contributed by atoms with E-state index in [0.29, 0.717) is 0 Å². The summed E-state index contributed by atoms with van der Waals surface area (Å²) in [6, 6.07) is 87.0. The van der Waals surface area contributed by atoms with Crippen molar-refractivity contribution in [2.75, 3.05) is 4.90 Å². The summed E-state index contributed by atoms with van der Waals surface area (Å²) in [5.41, 5.74) is 20.3. The molecule has 62 heavy (non-hydrogen) atoms. The number of rotatable bonds is 8. The molecule has 2 aliphatic carbocycles. The van der Waals surface area contributed by atoms with E-state index in [-0.39, 0.29) is 0 Å². The Morgan fingerprint density at radius 1 is 0.274 bits per heavy atom. The zero-order valence-corrected chi connectivity index (χ0v) is 34.1. The van der Waals surface area contributed by atoms with Gasteiger partial charge in [-0.2, -0.15) is 0 Å². The summed E-state index contributed by atoms with van der Waals surface area (Å²) >= 11 is 0. The molecule has 0 amide bonds. The maximum atomic E-state index is 2.46. The first-order chi connectivity index (χ1) is 30.8. The van der Waals surface area contributed by atoms with Gasteiger partial charge in [0.2, 0.25) is 0 Å². The van der Waals surface area contributed by atoms with Gasteiger partial charge in [-0.25, -0.2) is 0 Å². The van der Waals surface area contributed by atoms with Gasteiger partial charge in [0.25, 0.3) is 0 Å². The molecule has 10 aromatic rings. The molecule has 1 nitrogen and oxygen atoms in total. The van der Waals surface area contributed by atoms with Crippen molar-refractivity contribution in [3.8, 4) is 44.5 Å². The predicted octanol–water partition coefficient (Wildman–Crippen LogP) is 16.2. The minimum atomic E-state index is -0.502. The lowest BCUT2D eigenvalue weighted by Gasteiger charge is -2.35. The summed E-state index contributed by atoms with van der Waals surface area (Å²) in [6.07, 6.45) is 4.50.